The maximum absolute atomic E-state index is 11.2. The lowest BCUT2D eigenvalue weighted by atomic mass is 10.1. The number of nitrogens with one attached hydrogen (secondary N) is 1. The van der Waals surface area contributed by atoms with Crippen molar-refractivity contribution in [1.29, 1.82) is 0 Å². The van der Waals surface area contributed by atoms with Crippen molar-refractivity contribution in [1.82, 2.24) is 5.32 Å². The van der Waals surface area contributed by atoms with Gasteiger partial charge in [0.15, 0.2) is 6.61 Å². The Kier molecular flexibility index (Phi) is 3.63. The second-order valence-electron chi connectivity index (χ2n) is 4.18. The number of amides is 1. The van der Waals surface area contributed by atoms with Gasteiger partial charge in [0, 0.05) is 11.6 Å². The normalized spacial score (nSPS) is 11.2. The molecule has 0 radical (unpaired) electrons. The molecule has 1 N–H and O–H groups in total. The van der Waals surface area contributed by atoms with Gasteiger partial charge in [0.2, 0.25) is 0 Å². The molecule has 0 aliphatic heterocycles. The second-order valence-corrected chi connectivity index (χ2v) is 4.62. The minimum absolute atomic E-state index is 0.0780. The van der Waals surface area contributed by atoms with Crippen LogP contribution in [-0.2, 0) is 11.3 Å². The SMILES string of the molecule is CC(C)(C)NC(=O)OCc1cc(Cl)co1. The first-order valence-corrected chi connectivity index (χ1v) is 4.92. The standard InChI is InChI=1S/C10H14ClNO3/c1-10(2,3)12-9(13)15-6-8-4-7(11)5-14-8/h4-5H,6H2,1-3H3,(H,12,13). The molecule has 0 atom stereocenters. The van der Waals surface area contributed by atoms with E-state index in [1.54, 1.807) is 6.07 Å². The van der Waals surface area contributed by atoms with Gasteiger partial charge in [-0.2, -0.15) is 0 Å². The van der Waals surface area contributed by atoms with E-state index in [-0.39, 0.29) is 12.1 Å². The molecule has 0 aromatic carbocycles. The van der Waals surface area contributed by atoms with Crippen LogP contribution in [0.5, 0.6) is 0 Å². The highest BCUT2D eigenvalue weighted by Gasteiger charge is 2.14. The van der Waals surface area contributed by atoms with Crippen molar-refractivity contribution in [2.75, 3.05) is 0 Å². The third-order valence-electron chi connectivity index (χ3n) is 1.44. The van der Waals surface area contributed by atoms with Crippen LogP contribution in [0.3, 0.4) is 0 Å². The first kappa shape index (κ1) is 11.9. The molecule has 0 saturated carbocycles. The minimum Gasteiger partial charge on any atom is -0.464 e. The van der Waals surface area contributed by atoms with E-state index in [1.165, 1.54) is 6.26 Å². The molecule has 0 saturated heterocycles. The number of carbonyl (C=O) groups excluding carboxylic acids is 1. The van der Waals surface area contributed by atoms with Gasteiger partial charge in [-0.25, -0.2) is 4.79 Å². The molecular formula is C10H14ClNO3. The van der Waals surface area contributed by atoms with E-state index < -0.39 is 6.09 Å². The number of alkyl carbamates (subject to hydrolysis) is 1. The quantitative estimate of drug-likeness (QED) is 0.852. The number of hydrogen-bond donors (Lipinski definition) is 1. The summed E-state index contributed by atoms with van der Waals surface area (Å²) >= 11 is 5.63. The molecule has 1 aromatic rings. The molecule has 1 heterocycles. The maximum Gasteiger partial charge on any atom is 0.407 e. The Balaban J connectivity index is 2.35. The van der Waals surface area contributed by atoms with E-state index in [1.807, 2.05) is 20.8 Å². The fourth-order valence-corrected chi connectivity index (χ4v) is 1.07. The van der Waals surface area contributed by atoms with Gasteiger partial charge >= 0.3 is 6.09 Å². The molecule has 0 aliphatic rings. The molecule has 15 heavy (non-hydrogen) atoms. The lowest BCUT2D eigenvalue weighted by Crippen LogP contribution is -2.40. The summed E-state index contributed by atoms with van der Waals surface area (Å²) in [5.74, 6) is 0.518. The largest absolute Gasteiger partial charge is 0.464 e. The molecule has 1 rings (SSSR count). The fraction of sp³-hybridized carbons (Fsp3) is 0.500. The van der Waals surface area contributed by atoms with E-state index >= 15 is 0 Å². The van der Waals surface area contributed by atoms with Gasteiger partial charge in [0.25, 0.3) is 0 Å². The Labute approximate surface area is 93.5 Å². The molecule has 0 unspecified atom stereocenters. The van der Waals surface area contributed by atoms with Crippen molar-refractivity contribution in [2.45, 2.75) is 32.9 Å². The van der Waals surface area contributed by atoms with Gasteiger partial charge in [0.1, 0.15) is 12.0 Å². The summed E-state index contributed by atoms with van der Waals surface area (Å²) in [4.78, 5) is 11.2. The Morgan fingerprint density at radius 1 is 1.60 bits per heavy atom. The number of furan rings is 1. The van der Waals surface area contributed by atoms with Crippen LogP contribution in [0, 0.1) is 0 Å². The first-order valence-electron chi connectivity index (χ1n) is 4.55. The van der Waals surface area contributed by atoms with Crippen LogP contribution in [0.1, 0.15) is 26.5 Å². The van der Waals surface area contributed by atoms with E-state index in [0.717, 1.165) is 0 Å². The van der Waals surface area contributed by atoms with E-state index in [9.17, 15) is 4.79 Å². The molecule has 0 bridgehead atoms. The molecule has 4 nitrogen and oxygen atoms in total. The van der Waals surface area contributed by atoms with Gasteiger partial charge in [-0.05, 0) is 20.8 Å². The molecule has 1 aromatic heterocycles. The van der Waals surface area contributed by atoms with Crippen LogP contribution >= 0.6 is 11.6 Å². The number of hydrogen-bond acceptors (Lipinski definition) is 3. The fourth-order valence-electron chi connectivity index (χ4n) is 0.908. The molecular weight excluding hydrogens is 218 g/mol. The summed E-state index contributed by atoms with van der Waals surface area (Å²) in [5.41, 5.74) is -0.308. The molecule has 0 spiro atoms. The lowest BCUT2D eigenvalue weighted by molar-refractivity contribution is 0.123. The van der Waals surface area contributed by atoms with E-state index in [2.05, 4.69) is 5.32 Å². The van der Waals surface area contributed by atoms with Crippen molar-refractivity contribution in [3.05, 3.63) is 23.1 Å². The van der Waals surface area contributed by atoms with Crippen LogP contribution in [0.15, 0.2) is 16.7 Å². The predicted octanol–water partition coefficient (Wildman–Crippen LogP) is 2.96. The summed E-state index contributed by atoms with van der Waals surface area (Å²) in [7, 11) is 0. The smallest absolute Gasteiger partial charge is 0.407 e. The predicted molar refractivity (Wildman–Crippen MR) is 56.8 cm³/mol. The lowest BCUT2D eigenvalue weighted by Gasteiger charge is -2.19. The van der Waals surface area contributed by atoms with Gasteiger partial charge in [-0.1, -0.05) is 11.6 Å². The third kappa shape index (κ3) is 4.74. The molecule has 0 aliphatic carbocycles. The highest BCUT2D eigenvalue weighted by Crippen LogP contribution is 2.13. The van der Waals surface area contributed by atoms with Gasteiger partial charge < -0.3 is 14.5 Å². The summed E-state index contributed by atoms with van der Waals surface area (Å²) in [6.45, 7) is 5.70. The van der Waals surface area contributed by atoms with Gasteiger partial charge in [0.05, 0.1) is 5.02 Å². The van der Waals surface area contributed by atoms with Crippen molar-refractivity contribution < 1.29 is 13.9 Å². The van der Waals surface area contributed by atoms with Gasteiger partial charge in [-0.15, -0.1) is 0 Å². The molecule has 1 amide bonds. The topological polar surface area (TPSA) is 51.5 Å². The average Bonchev–Trinajstić information content (AvgIpc) is 2.45. The van der Waals surface area contributed by atoms with E-state index in [4.69, 9.17) is 20.8 Å². The Morgan fingerprint density at radius 3 is 2.73 bits per heavy atom. The zero-order valence-electron chi connectivity index (χ0n) is 8.96. The summed E-state index contributed by atoms with van der Waals surface area (Å²) in [5, 5.41) is 3.15. The first-order chi connectivity index (χ1) is 6.87. The van der Waals surface area contributed by atoms with Crippen molar-refractivity contribution >= 4 is 17.7 Å². The summed E-state index contributed by atoms with van der Waals surface area (Å²) in [6.07, 6.45) is 0.914. The van der Waals surface area contributed by atoms with Crippen LogP contribution < -0.4 is 5.32 Å². The zero-order chi connectivity index (χ0) is 11.5. The van der Waals surface area contributed by atoms with Crippen LogP contribution in [0.4, 0.5) is 4.79 Å². The summed E-state index contributed by atoms with van der Waals surface area (Å²) in [6, 6.07) is 1.60. The second kappa shape index (κ2) is 4.57. The third-order valence-corrected chi connectivity index (χ3v) is 1.64. The van der Waals surface area contributed by atoms with Crippen molar-refractivity contribution in [3.8, 4) is 0 Å². The van der Waals surface area contributed by atoms with Crippen LogP contribution in [0.2, 0.25) is 5.02 Å². The monoisotopic (exact) mass is 231 g/mol. The van der Waals surface area contributed by atoms with Crippen LogP contribution in [0.25, 0.3) is 0 Å². The van der Waals surface area contributed by atoms with Crippen LogP contribution in [-0.4, -0.2) is 11.6 Å². The molecule has 0 fully saturated rings. The van der Waals surface area contributed by atoms with Crippen molar-refractivity contribution in [2.24, 2.45) is 0 Å². The van der Waals surface area contributed by atoms with Crippen molar-refractivity contribution in [3.63, 3.8) is 0 Å². The molecule has 5 heteroatoms. The summed E-state index contributed by atoms with van der Waals surface area (Å²) < 4.78 is 9.92. The Bertz CT molecular complexity index is 341. The number of ether oxygens (including phenoxy) is 1. The number of carbonyl (C=O) groups is 1. The Morgan fingerprint density at radius 2 is 2.27 bits per heavy atom. The van der Waals surface area contributed by atoms with Gasteiger partial charge in [-0.3, -0.25) is 0 Å². The van der Waals surface area contributed by atoms with E-state index in [0.29, 0.717) is 10.8 Å². The molecule has 84 valence electrons. The zero-order valence-corrected chi connectivity index (χ0v) is 9.72. The number of halogens is 1. The minimum atomic E-state index is -0.477. The average molecular weight is 232 g/mol. The highest BCUT2D eigenvalue weighted by atomic mass is 35.5. The highest BCUT2D eigenvalue weighted by molar-refractivity contribution is 6.30. The Hall–Kier alpha value is -1.16. The maximum atomic E-state index is 11.2. The number of rotatable bonds is 2.